The monoisotopic (exact) mass is 456 g/mol. The molecule has 0 spiro atoms. The lowest BCUT2D eigenvalue weighted by molar-refractivity contribution is -0.757. The molecular formula is C18H26N5O9+. The minimum atomic E-state index is -1.33. The summed E-state index contributed by atoms with van der Waals surface area (Å²) in [7, 11) is 0. The predicted octanol–water partition coefficient (Wildman–Crippen LogP) is -0.818. The van der Waals surface area contributed by atoms with Gasteiger partial charge in [-0.15, -0.1) is 10.1 Å². The Morgan fingerprint density at radius 3 is 2.56 bits per heavy atom. The average Bonchev–Trinajstić information content (AvgIpc) is 2.67. The summed E-state index contributed by atoms with van der Waals surface area (Å²) in [4.78, 5) is 61.7. The summed E-state index contributed by atoms with van der Waals surface area (Å²) in [6.45, 7) is 4.16. The van der Waals surface area contributed by atoms with Gasteiger partial charge in [0.25, 0.3) is 17.7 Å². The van der Waals surface area contributed by atoms with Crippen molar-refractivity contribution >= 4 is 23.9 Å². The van der Waals surface area contributed by atoms with Crippen LogP contribution >= 0.6 is 0 Å². The van der Waals surface area contributed by atoms with Crippen molar-refractivity contribution in [3.8, 4) is 0 Å². The van der Waals surface area contributed by atoms with Crippen LogP contribution in [0.3, 0.4) is 0 Å². The van der Waals surface area contributed by atoms with Crippen molar-refractivity contribution in [3.63, 3.8) is 0 Å². The number of aromatic nitrogens is 1. The van der Waals surface area contributed by atoms with Crippen molar-refractivity contribution < 1.29 is 43.1 Å². The lowest BCUT2D eigenvalue weighted by atomic mass is 10.1. The molecule has 0 saturated heterocycles. The Bertz CT molecular complexity index is 853. The van der Waals surface area contributed by atoms with Crippen molar-refractivity contribution in [2.45, 2.75) is 45.6 Å². The third kappa shape index (κ3) is 10.7. The lowest BCUT2D eigenvalue weighted by Gasteiger charge is -2.23. The van der Waals surface area contributed by atoms with Crippen LogP contribution in [0.5, 0.6) is 0 Å². The SMILES string of the molecule is CC(C)(C)OC(=O)[C@H](CC(N)=O)NC(=O)OC[n+]1cccc(C(=O)NCCO[N+](=O)[O-])c1. The molecule has 0 aromatic carbocycles. The number of rotatable bonds is 11. The molecule has 0 aliphatic rings. The number of ether oxygens (including phenoxy) is 2. The van der Waals surface area contributed by atoms with Gasteiger partial charge in [-0.2, -0.15) is 4.57 Å². The Morgan fingerprint density at radius 1 is 1.28 bits per heavy atom. The van der Waals surface area contributed by atoms with E-state index < -0.39 is 47.0 Å². The van der Waals surface area contributed by atoms with Gasteiger partial charge in [0.1, 0.15) is 23.8 Å². The van der Waals surface area contributed by atoms with E-state index in [-0.39, 0.29) is 25.4 Å². The largest absolute Gasteiger partial charge is 0.458 e. The summed E-state index contributed by atoms with van der Waals surface area (Å²) >= 11 is 0. The lowest BCUT2D eigenvalue weighted by Crippen LogP contribution is -2.47. The Hall–Kier alpha value is -3.97. The minimum Gasteiger partial charge on any atom is -0.458 e. The van der Waals surface area contributed by atoms with E-state index in [1.807, 2.05) is 0 Å². The summed E-state index contributed by atoms with van der Waals surface area (Å²) in [5.41, 5.74) is 4.47. The van der Waals surface area contributed by atoms with Crippen LogP contribution in [0.15, 0.2) is 24.5 Å². The number of carbonyl (C=O) groups excluding carboxylic acids is 4. The molecule has 0 aliphatic carbocycles. The van der Waals surface area contributed by atoms with Gasteiger partial charge in [-0.25, -0.2) is 9.59 Å². The van der Waals surface area contributed by atoms with Gasteiger partial charge in [0.2, 0.25) is 5.91 Å². The zero-order valence-corrected chi connectivity index (χ0v) is 17.9. The van der Waals surface area contributed by atoms with E-state index in [2.05, 4.69) is 15.5 Å². The highest BCUT2D eigenvalue weighted by atomic mass is 16.9. The number of nitrogens with zero attached hydrogens (tertiary/aromatic N) is 2. The maximum Gasteiger partial charge on any atom is 0.412 e. The molecule has 1 atom stereocenters. The van der Waals surface area contributed by atoms with E-state index >= 15 is 0 Å². The fourth-order valence-corrected chi connectivity index (χ4v) is 2.21. The first kappa shape index (κ1) is 26.1. The quantitative estimate of drug-likeness (QED) is 0.125. The molecule has 0 bridgehead atoms. The highest BCUT2D eigenvalue weighted by Crippen LogP contribution is 2.10. The van der Waals surface area contributed by atoms with Gasteiger partial charge >= 0.3 is 12.1 Å². The van der Waals surface area contributed by atoms with E-state index in [1.54, 1.807) is 20.8 Å². The van der Waals surface area contributed by atoms with Crippen LogP contribution in [-0.2, 0) is 30.6 Å². The van der Waals surface area contributed by atoms with Gasteiger partial charge in [0.15, 0.2) is 12.4 Å². The van der Waals surface area contributed by atoms with Crippen molar-refractivity contribution in [2.75, 3.05) is 13.2 Å². The summed E-state index contributed by atoms with van der Waals surface area (Å²) < 4.78 is 11.5. The third-order valence-electron chi connectivity index (χ3n) is 3.44. The molecule has 176 valence electrons. The van der Waals surface area contributed by atoms with Gasteiger partial charge in [-0.05, 0) is 26.8 Å². The molecule has 0 radical (unpaired) electrons. The number of esters is 1. The van der Waals surface area contributed by atoms with Crippen molar-refractivity contribution in [1.29, 1.82) is 0 Å². The Balaban J connectivity index is 2.64. The first-order chi connectivity index (χ1) is 14.9. The van der Waals surface area contributed by atoms with E-state index in [4.69, 9.17) is 15.2 Å². The van der Waals surface area contributed by atoms with Crippen LogP contribution in [0.25, 0.3) is 0 Å². The molecule has 14 nitrogen and oxygen atoms in total. The molecule has 1 aromatic heterocycles. The second-order valence-electron chi connectivity index (χ2n) is 7.38. The fraction of sp³-hybridized carbons (Fsp3) is 0.500. The van der Waals surface area contributed by atoms with Gasteiger partial charge < -0.3 is 30.7 Å². The molecule has 32 heavy (non-hydrogen) atoms. The molecule has 0 aliphatic heterocycles. The minimum absolute atomic E-state index is 0.0838. The summed E-state index contributed by atoms with van der Waals surface area (Å²) in [5, 5.41) is 13.8. The molecule has 0 unspecified atom stereocenters. The molecule has 1 rings (SSSR count). The number of hydrogen-bond donors (Lipinski definition) is 3. The number of carbonyl (C=O) groups is 4. The van der Waals surface area contributed by atoms with E-state index in [9.17, 15) is 29.3 Å². The molecule has 0 fully saturated rings. The van der Waals surface area contributed by atoms with Crippen LogP contribution in [0.4, 0.5) is 4.79 Å². The van der Waals surface area contributed by atoms with Crippen molar-refractivity contribution in [1.82, 2.24) is 10.6 Å². The summed E-state index contributed by atoms with van der Waals surface area (Å²) in [6.07, 6.45) is 1.38. The first-order valence-electron chi connectivity index (χ1n) is 9.36. The van der Waals surface area contributed by atoms with Crippen molar-refractivity contribution in [2.24, 2.45) is 5.73 Å². The average molecular weight is 456 g/mol. The Kier molecular flexibility index (Phi) is 9.79. The number of nitrogens with one attached hydrogen (secondary N) is 2. The maximum atomic E-state index is 12.2. The van der Waals surface area contributed by atoms with Crippen LogP contribution in [-0.4, -0.2) is 53.8 Å². The molecule has 1 heterocycles. The topological polar surface area (TPSA) is 193 Å². The number of primary amides is 1. The molecule has 1 aromatic rings. The molecule has 3 amide bonds. The molecule has 0 saturated carbocycles. The second-order valence-corrected chi connectivity index (χ2v) is 7.38. The number of nitrogens with two attached hydrogens (primary N) is 1. The van der Waals surface area contributed by atoms with Gasteiger partial charge in [-0.1, -0.05) is 0 Å². The molecule has 14 heteroatoms. The van der Waals surface area contributed by atoms with Crippen LogP contribution < -0.4 is 20.9 Å². The first-order valence-corrected chi connectivity index (χ1v) is 9.36. The number of amides is 3. The second kappa shape index (κ2) is 12.0. The van der Waals surface area contributed by atoms with Gasteiger partial charge in [0, 0.05) is 12.6 Å². The summed E-state index contributed by atoms with van der Waals surface area (Å²) in [6, 6.07) is 1.66. The smallest absolute Gasteiger partial charge is 0.412 e. The van der Waals surface area contributed by atoms with E-state index in [0.29, 0.717) is 0 Å². The Morgan fingerprint density at radius 2 is 1.97 bits per heavy atom. The fourth-order valence-electron chi connectivity index (χ4n) is 2.21. The van der Waals surface area contributed by atoms with Crippen LogP contribution in [0.1, 0.15) is 37.6 Å². The number of hydrogen-bond acceptors (Lipinski definition) is 9. The van der Waals surface area contributed by atoms with Gasteiger partial charge in [0.05, 0.1) is 6.42 Å². The number of pyridine rings is 1. The predicted molar refractivity (Wildman–Crippen MR) is 105 cm³/mol. The number of alkyl carbamates (subject to hydrolysis) is 1. The van der Waals surface area contributed by atoms with Crippen LogP contribution in [0.2, 0.25) is 0 Å². The zero-order chi connectivity index (χ0) is 24.3. The molecular weight excluding hydrogens is 430 g/mol. The third-order valence-corrected chi connectivity index (χ3v) is 3.44. The normalized spacial score (nSPS) is 11.6. The highest BCUT2D eigenvalue weighted by molar-refractivity contribution is 5.93. The highest BCUT2D eigenvalue weighted by Gasteiger charge is 2.29. The molecule has 4 N–H and O–H groups in total. The van der Waals surface area contributed by atoms with Gasteiger partial charge in [-0.3, -0.25) is 9.59 Å². The van der Waals surface area contributed by atoms with Crippen LogP contribution in [0, 0.1) is 10.1 Å². The van der Waals surface area contributed by atoms with Crippen molar-refractivity contribution in [3.05, 3.63) is 40.2 Å². The van der Waals surface area contributed by atoms with E-state index in [0.717, 1.165) is 0 Å². The standard InChI is InChI=1S/C18H25N5O9/c1-18(2,3)32-16(26)13(9-14(19)24)21-17(27)30-11-22-7-4-5-12(10-22)15(25)20-6-8-31-23(28)29/h4-5,7,10,13H,6,8-9,11H2,1-3H3,(H3-,19,20,21,24,25,27)/p+1/t13-/m0/s1. The summed E-state index contributed by atoms with van der Waals surface area (Å²) in [5.74, 6) is -2.19. The maximum absolute atomic E-state index is 12.2. The zero-order valence-electron chi connectivity index (χ0n) is 17.9. The van der Waals surface area contributed by atoms with E-state index in [1.165, 1.54) is 29.1 Å². The Labute approximate surface area is 183 Å².